The topological polar surface area (TPSA) is 29.1 Å². The maximum atomic E-state index is 11.5. The third kappa shape index (κ3) is 15.2. The lowest BCUT2D eigenvalue weighted by molar-refractivity contribution is -0.116. The van der Waals surface area contributed by atoms with E-state index in [0.29, 0.717) is 0 Å². The van der Waals surface area contributed by atoms with Crippen molar-refractivity contribution in [2.24, 2.45) is 0 Å². The Hall–Kier alpha value is -0.790. The average molecular weight is 267 g/mol. The average Bonchev–Trinajstić information content (AvgIpc) is 2.41. The number of nitrogens with one attached hydrogen (secondary N) is 1. The molecule has 0 aromatic carbocycles. The van der Waals surface area contributed by atoms with Gasteiger partial charge in [0.2, 0.25) is 5.91 Å². The highest BCUT2D eigenvalue weighted by Crippen LogP contribution is 2.05. The van der Waals surface area contributed by atoms with Crippen LogP contribution in [0, 0.1) is 0 Å². The van der Waals surface area contributed by atoms with Crippen molar-refractivity contribution in [3.63, 3.8) is 0 Å². The van der Waals surface area contributed by atoms with Crippen molar-refractivity contribution in [1.29, 1.82) is 0 Å². The van der Waals surface area contributed by atoms with Crippen LogP contribution in [-0.2, 0) is 4.79 Å². The third-order valence-corrected chi connectivity index (χ3v) is 3.32. The first kappa shape index (κ1) is 18.2. The highest BCUT2D eigenvalue weighted by atomic mass is 16.1. The highest BCUT2D eigenvalue weighted by molar-refractivity contribution is 5.87. The van der Waals surface area contributed by atoms with Gasteiger partial charge in [-0.2, -0.15) is 0 Å². The van der Waals surface area contributed by atoms with Crippen LogP contribution in [0.5, 0.6) is 0 Å². The monoisotopic (exact) mass is 267 g/mol. The molecule has 0 radical (unpaired) electrons. The van der Waals surface area contributed by atoms with E-state index in [1.807, 2.05) is 6.08 Å². The van der Waals surface area contributed by atoms with Crippen LogP contribution in [-0.4, -0.2) is 12.5 Å². The molecule has 0 aromatic rings. The summed E-state index contributed by atoms with van der Waals surface area (Å²) in [4.78, 5) is 11.5. The first-order valence-electron chi connectivity index (χ1n) is 8.25. The molecule has 0 aliphatic carbocycles. The minimum Gasteiger partial charge on any atom is -0.353 e. The summed E-state index contributed by atoms with van der Waals surface area (Å²) in [5.74, 6) is 0.0732. The summed E-state index contributed by atoms with van der Waals surface area (Å²) >= 11 is 0. The Balaban J connectivity index is 3.28. The second kappa shape index (κ2) is 15.3. The summed E-state index contributed by atoms with van der Waals surface area (Å²) in [6.07, 6.45) is 17.4. The van der Waals surface area contributed by atoms with Crippen molar-refractivity contribution in [3.05, 3.63) is 12.2 Å². The molecule has 112 valence electrons. The van der Waals surface area contributed by atoms with E-state index in [1.54, 1.807) is 6.08 Å². The minimum atomic E-state index is 0.0732. The number of unbranched alkanes of at least 4 members (excludes halogenated alkanes) is 9. The van der Waals surface area contributed by atoms with Crippen molar-refractivity contribution < 1.29 is 4.79 Å². The van der Waals surface area contributed by atoms with Gasteiger partial charge in [-0.05, 0) is 25.3 Å². The normalized spacial score (nSPS) is 11.1. The summed E-state index contributed by atoms with van der Waals surface area (Å²) in [7, 11) is 0. The largest absolute Gasteiger partial charge is 0.353 e. The van der Waals surface area contributed by atoms with E-state index in [-0.39, 0.29) is 5.91 Å². The van der Waals surface area contributed by atoms with E-state index in [1.165, 1.54) is 57.8 Å². The van der Waals surface area contributed by atoms with Crippen LogP contribution in [0.3, 0.4) is 0 Å². The Kier molecular flexibility index (Phi) is 14.6. The molecular formula is C17H33NO. The number of carbonyl (C=O) groups is 1. The van der Waals surface area contributed by atoms with Crippen LogP contribution >= 0.6 is 0 Å². The minimum absolute atomic E-state index is 0.0732. The number of amides is 1. The van der Waals surface area contributed by atoms with Gasteiger partial charge in [0, 0.05) is 6.54 Å². The van der Waals surface area contributed by atoms with Crippen molar-refractivity contribution in [3.8, 4) is 0 Å². The molecular weight excluding hydrogens is 234 g/mol. The maximum Gasteiger partial charge on any atom is 0.243 e. The number of allylic oxidation sites excluding steroid dienone is 1. The molecule has 19 heavy (non-hydrogen) atoms. The third-order valence-electron chi connectivity index (χ3n) is 3.32. The number of carbonyl (C=O) groups excluding carboxylic acids is 1. The summed E-state index contributed by atoms with van der Waals surface area (Å²) in [5, 5.41) is 2.95. The molecule has 0 atom stereocenters. The molecule has 0 unspecified atom stereocenters. The summed E-state index contributed by atoms with van der Waals surface area (Å²) in [5.41, 5.74) is 0. The van der Waals surface area contributed by atoms with Crippen molar-refractivity contribution in [1.82, 2.24) is 5.32 Å². The van der Waals surface area contributed by atoms with Crippen molar-refractivity contribution >= 4 is 5.91 Å². The van der Waals surface area contributed by atoms with Crippen LogP contribution in [0.4, 0.5) is 0 Å². The SMILES string of the molecule is CCCCCCCC=CC(=O)NCCCCCCC. The van der Waals surface area contributed by atoms with Crippen molar-refractivity contribution in [2.75, 3.05) is 6.54 Å². The van der Waals surface area contributed by atoms with E-state index in [4.69, 9.17) is 0 Å². The first-order valence-corrected chi connectivity index (χ1v) is 8.25. The standard InChI is InChI=1S/C17H33NO/c1-3-5-7-9-10-11-13-15-17(19)18-16-14-12-8-6-4-2/h13,15H,3-12,14,16H2,1-2H3,(H,18,19). The van der Waals surface area contributed by atoms with Gasteiger partial charge in [-0.15, -0.1) is 0 Å². The fourth-order valence-corrected chi connectivity index (χ4v) is 2.06. The maximum absolute atomic E-state index is 11.5. The van der Waals surface area contributed by atoms with E-state index < -0.39 is 0 Å². The molecule has 0 saturated carbocycles. The molecule has 0 heterocycles. The Morgan fingerprint density at radius 2 is 1.42 bits per heavy atom. The molecule has 2 heteroatoms. The highest BCUT2D eigenvalue weighted by Gasteiger charge is 1.94. The van der Waals surface area contributed by atoms with Crippen LogP contribution in [0.2, 0.25) is 0 Å². The zero-order chi connectivity index (χ0) is 14.2. The van der Waals surface area contributed by atoms with Gasteiger partial charge in [0.15, 0.2) is 0 Å². The van der Waals surface area contributed by atoms with Crippen LogP contribution in [0.25, 0.3) is 0 Å². The van der Waals surface area contributed by atoms with Crippen molar-refractivity contribution in [2.45, 2.75) is 84.5 Å². The Bertz CT molecular complexity index is 223. The quantitative estimate of drug-likeness (QED) is 0.369. The summed E-state index contributed by atoms with van der Waals surface area (Å²) in [6.45, 7) is 5.27. The second-order valence-electron chi connectivity index (χ2n) is 5.31. The molecule has 0 spiro atoms. The predicted molar refractivity (Wildman–Crippen MR) is 84.3 cm³/mol. The lowest BCUT2D eigenvalue weighted by Gasteiger charge is -2.02. The molecule has 1 N–H and O–H groups in total. The first-order chi connectivity index (χ1) is 9.31. The molecule has 0 aromatic heterocycles. The molecule has 0 saturated heterocycles. The van der Waals surface area contributed by atoms with Crippen LogP contribution < -0.4 is 5.32 Å². The van der Waals surface area contributed by atoms with Gasteiger partial charge >= 0.3 is 0 Å². The van der Waals surface area contributed by atoms with Gasteiger partial charge in [0.25, 0.3) is 0 Å². The Labute approximate surface area is 120 Å². The van der Waals surface area contributed by atoms with Gasteiger partial charge in [-0.25, -0.2) is 0 Å². The van der Waals surface area contributed by atoms with E-state index >= 15 is 0 Å². The van der Waals surface area contributed by atoms with E-state index in [2.05, 4.69) is 19.2 Å². The van der Waals surface area contributed by atoms with E-state index in [0.717, 1.165) is 19.4 Å². The molecule has 2 nitrogen and oxygen atoms in total. The fraction of sp³-hybridized carbons (Fsp3) is 0.824. The van der Waals surface area contributed by atoms with Crippen LogP contribution in [0.15, 0.2) is 12.2 Å². The Morgan fingerprint density at radius 3 is 2.05 bits per heavy atom. The zero-order valence-corrected chi connectivity index (χ0v) is 13.0. The number of hydrogen-bond acceptors (Lipinski definition) is 1. The molecule has 0 bridgehead atoms. The fourth-order valence-electron chi connectivity index (χ4n) is 2.06. The molecule has 0 aliphatic rings. The number of hydrogen-bond donors (Lipinski definition) is 1. The van der Waals surface area contributed by atoms with E-state index in [9.17, 15) is 4.79 Å². The van der Waals surface area contributed by atoms with Crippen LogP contribution in [0.1, 0.15) is 84.5 Å². The molecule has 0 fully saturated rings. The number of rotatable bonds is 13. The predicted octanol–water partition coefficient (Wildman–Crippen LogP) is 4.99. The smallest absolute Gasteiger partial charge is 0.243 e. The van der Waals surface area contributed by atoms with Gasteiger partial charge in [-0.1, -0.05) is 71.3 Å². The second-order valence-corrected chi connectivity index (χ2v) is 5.31. The van der Waals surface area contributed by atoms with Gasteiger partial charge in [-0.3, -0.25) is 4.79 Å². The summed E-state index contributed by atoms with van der Waals surface area (Å²) < 4.78 is 0. The van der Waals surface area contributed by atoms with Gasteiger partial charge in [0.05, 0.1) is 0 Å². The molecule has 1 amide bonds. The zero-order valence-electron chi connectivity index (χ0n) is 13.0. The molecule has 0 rings (SSSR count). The van der Waals surface area contributed by atoms with Gasteiger partial charge < -0.3 is 5.32 Å². The lowest BCUT2D eigenvalue weighted by Crippen LogP contribution is -2.21. The lowest BCUT2D eigenvalue weighted by atomic mass is 10.1. The summed E-state index contributed by atoms with van der Waals surface area (Å²) in [6, 6.07) is 0. The molecule has 0 aliphatic heterocycles. The van der Waals surface area contributed by atoms with Gasteiger partial charge in [0.1, 0.15) is 0 Å². The Morgan fingerprint density at radius 1 is 0.842 bits per heavy atom.